The molecular formula is C19H25N7O. The first-order chi connectivity index (χ1) is 13.3. The summed E-state index contributed by atoms with van der Waals surface area (Å²) < 4.78 is 7.28. The molecule has 2 aliphatic rings. The van der Waals surface area contributed by atoms with Gasteiger partial charge in [0.05, 0.1) is 5.69 Å². The number of likely N-dealkylation sites (tertiary alicyclic amines) is 1. The zero-order chi connectivity index (χ0) is 18.2. The van der Waals surface area contributed by atoms with E-state index < -0.39 is 0 Å². The van der Waals surface area contributed by atoms with E-state index >= 15 is 0 Å². The zero-order valence-electron chi connectivity index (χ0n) is 15.7. The number of aromatic nitrogens is 5. The van der Waals surface area contributed by atoms with Crippen molar-refractivity contribution in [3.05, 3.63) is 35.8 Å². The number of rotatable bonds is 4. The van der Waals surface area contributed by atoms with Crippen LogP contribution in [0.25, 0.3) is 5.65 Å². The van der Waals surface area contributed by atoms with Gasteiger partial charge in [-0.15, -0.1) is 15.3 Å². The Bertz CT molecular complexity index is 919. The maximum atomic E-state index is 5.32. The van der Waals surface area contributed by atoms with Crippen molar-refractivity contribution in [2.75, 3.05) is 31.1 Å². The number of nitrogens with zero attached hydrogens (tertiary/aromatic N) is 7. The van der Waals surface area contributed by atoms with Crippen LogP contribution in [0.15, 0.2) is 22.9 Å². The van der Waals surface area contributed by atoms with Crippen LogP contribution in [0.2, 0.25) is 0 Å². The van der Waals surface area contributed by atoms with Crippen LogP contribution in [0, 0.1) is 6.92 Å². The number of anilines is 1. The fourth-order valence-corrected chi connectivity index (χ4v) is 4.21. The number of piperidine rings is 1. The molecule has 0 spiro atoms. The molecule has 0 bridgehead atoms. The van der Waals surface area contributed by atoms with Crippen LogP contribution in [0.3, 0.4) is 0 Å². The summed E-state index contributed by atoms with van der Waals surface area (Å²) in [5.74, 6) is 3.36. The maximum Gasteiger partial charge on any atom is 0.181 e. The zero-order valence-corrected chi connectivity index (χ0v) is 15.7. The van der Waals surface area contributed by atoms with E-state index in [1.165, 1.54) is 19.2 Å². The average Bonchev–Trinajstić information content (AvgIpc) is 3.44. The third-order valence-electron chi connectivity index (χ3n) is 5.87. The van der Waals surface area contributed by atoms with Crippen LogP contribution in [0.1, 0.15) is 48.9 Å². The fourth-order valence-electron chi connectivity index (χ4n) is 4.21. The van der Waals surface area contributed by atoms with Crippen molar-refractivity contribution in [3.63, 3.8) is 0 Å². The Kier molecular flexibility index (Phi) is 4.27. The van der Waals surface area contributed by atoms with Crippen LogP contribution in [0.5, 0.6) is 0 Å². The lowest BCUT2D eigenvalue weighted by Crippen LogP contribution is -2.33. The Hall–Kier alpha value is -2.48. The minimum atomic E-state index is 0.399. The summed E-state index contributed by atoms with van der Waals surface area (Å²) in [5.41, 5.74) is 1.88. The second-order valence-corrected chi connectivity index (χ2v) is 7.62. The normalized spacial score (nSPS) is 19.4. The van der Waals surface area contributed by atoms with Crippen LogP contribution < -0.4 is 4.90 Å². The molecule has 0 unspecified atom stereocenters. The molecule has 0 radical (unpaired) electrons. The van der Waals surface area contributed by atoms with Gasteiger partial charge in [-0.3, -0.25) is 4.90 Å². The smallest absolute Gasteiger partial charge is 0.181 e. The van der Waals surface area contributed by atoms with E-state index in [9.17, 15) is 0 Å². The van der Waals surface area contributed by atoms with E-state index in [1.54, 1.807) is 0 Å². The molecule has 0 atom stereocenters. The van der Waals surface area contributed by atoms with Crippen LogP contribution in [0.4, 0.5) is 5.82 Å². The van der Waals surface area contributed by atoms with Gasteiger partial charge in [-0.05, 0) is 57.8 Å². The molecule has 2 fully saturated rings. The van der Waals surface area contributed by atoms with Crippen molar-refractivity contribution in [1.29, 1.82) is 0 Å². The molecule has 0 aromatic carbocycles. The summed E-state index contributed by atoms with van der Waals surface area (Å²) in [4.78, 5) is 9.11. The number of oxazole rings is 1. The summed E-state index contributed by atoms with van der Waals surface area (Å²) in [6, 6.07) is 4.11. The Morgan fingerprint density at radius 3 is 2.63 bits per heavy atom. The molecule has 142 valence electrons. The van der Waals surface area contributed by atoms with Crippen molar-refractivity contribution < 1.29 is 4.42 Å². The van der Waals surface area contributed by atoms with E-state index in [1.807, 2.05) is 17.5 Å². The maximum absolute atomic E-state index is 5.32. The predicted molar refractivity (Wildman–Crippen MR) is 101 cm³/mol. The standard InChI is InChI=1S/C19H25N7O/c1-14-16(20-13-27-14)12-24-10-6-15(7-11-24)19-22-21-17-4-5-18(23-26(17)19)25-8-2-3-9-25/h4-5,13,15H,2-3,6-12H2,1H3. The van der Waals surface area contributed by atoms with Crippen LogP contribution >= 0.6 is 0 Å². The summed E-state index contributed by atoms with van der Waals surface area (Å²) >= 11 is 0. The van der Waals surface area contributed by atoms with Crippen LogP contribution in [-0.2, 0) is 6.54 Å². The summed E-state index contributed by atoms with van der Waals surface area (Å²) in [7, 11) is 0. The van der Waals surface area contributed by atoms with Gasteiger partial charge in [-0.25, -0.2) is 4.98 Å². The van der Waals surface area contributed by atoms with Gasteiger partial charge in [0.2, 0.25) is 0 Å². The second kappa shape index (κ2) is 6.92. The predicted octanol–water partition coefficient (Wildman–Crippen LogP) is 2.40. The molecule has 5 rings (SSSR count). The third-order valence-corrected chi connectivity index (χ3v) is 5.87. The highest BCUT2D eigenvalue weighted by molar-refractivity contribution is 5.46. The van der Waals surface area contributed by atoms with Crippen molar-refractivity contribution in [2.24, 2.45) is 0 Å². The van der Waals surface area contributed by atoms with Gasteiger partial charge in [0, 0.05) is 25.6 Å². The first-order valence-corrected chi connectivity index (χ1v) is 9.86. The minimum Gasteiger partial charge on any atom is -0.448 e. The van der Waals surface area contributed by atoms with Crippen molar-refractivity contribution >= 4 is 11.5 Å². The van der Waals surface area contributed by atoms with E-state index in [4.69, 9.17) is 9.52 Å². The van der Waals surface area contributed by atoms with Gasteiger partial charge in [0.15, 0.2) is 17.9 Å². The monoisotopic (exact) mass is 367 g/mol. The topological polar surface area (TPSA) is 75.6 Å². The lowest BCUT2D eigenvalue weighted by molar-refractivity contribution is 0.198. The second-order valence-electron chi connectivity index (χ2n) is 7.62. The lowest BCUT2D eigenvalue weighted by Gasteiger charge is -2.30. The van der Waals surface area contributed by atoms with E-state index in [0.29, 0.717) is 5.92 Å². The van der Waals surface area contributed by atoms with Gasteiger partial charge in [0.1, 0.15) is 11.6 Å². The first kappa shape index (κ1) is 16.7. The quantitative estimate of drug-likeness (QED) is 0.701. The molecule has 3 aromatic rings. The summed E-state index contributed by atoms with van der Waals surface area (Å²) in [6.07, 6.45) is 6.15. The molecule has 2 aliphatic heterocycles. The highest BCUT2D eigenvalue weighted by atomic mass is 16.3. The number of fused-ring (bicyclic) bond motifs is 1. The molecule has 2 saturated heterocycles. The number of hydrogen-bond acceptors (Lipinski definition) is 7. The van der Waals surface area contributed by atoms with Gasteiger partial charge in [0.25, 0.3) is 0 Å². The first-order valence-electron chi connectivity index (χ1n) is 9.86. The highest BCUT2D eigenvalue weighted by Gasteiger charge is 2.26. The molecular weight excluding hydrogens is 342 g/mol. The Balaban J connectivity index is 1.31. The summed E-state index contributed by atoms with van der Waals surface area (Å²) in [6.45, 7) is 7.06. The van der Waals surface area contributed by atoms with E-state index in [0.717, 1.165) is 74.3 Å². The van der Waals surface area contributed by atoms with Crippen molar-refractivity contribution in [3.8, 4) is 0 Å². The van der Waals surface area contributed by atoms with E-state index in [2.05, 4.69) is 31.0 Å². The molecule has 0 amide bonds. The lowest BCUT2D eigenvalue weighted by atomic mass is 9.96. The largest absolute Gasteiger partial charge is 0.448 e. The molecule has 27 heavy (non-hydrogen) atoms. The van der Waals surface area contributed by atoms with Gasteiger partial charge in [-0.1, -0.05) is 0 Å². The van der Waals surface area contributed by atoms with Crippen LogP contribution in [-0.4, -0.2) is 55.9 Å². The molecule has 5 heterocycles. The van der Waals surface area contributed by atoms with E-state index in [-0.39, 0.29) is 0 Å². The molecule has 8 heteroatoms. The summed E-state index contributed by atoms with van der Waals surface area (Å²) in [5, 5.41) is 13.7. The Morgan fingerprint density at radius 2 is 1.89 bits per heavy atom. The fraction of sp³-hybridized carbons (Fsp3) is 0.579. The van der Waals surface area contributed by atoms with Gasteiger partial charge in [-0.2, -0.15) is 4.52 Å². The Labute approximate surface area is 158 Å². The number of hydrogen-bond donors (Lipinski definition) is 0. The molecule has 0 saturated carbocycles. The van der Waals surface area contributed by atoms with Crippen molar-refractivity contribution in [1.82, 2.24) is 29.7 Å². The van der Waals surface area contributed by atoms with Crippen molar-refractivity contribution in [2.45, 2.75) is 45.1 Å². The van der Waals surface area contributed by atoms with Gasteiger partial charge >= 0.3 is 0 Å². The average molecular weight is 367 g/mol. The molecule has 3 aromatic heterocycles. The highest BCUT2D eigenvalue weighted by Crippen LogP contribution is 2.28. The molecule has 8 nitrogen and oxygen atoms in total. The minimum absolute atomic E-state index is 0.399. The number of aryl methyl sites for hydroxylation is 1. The molecule has 0 N–H and O–H groups in total. The Morgan fingerprint density at radius 1 is 1.07 bits per heavy atom. The third kappa shape index (κ3) is 3.18. The molecule has 0 aliphatic carbocycles. The SMILES string of the molecule is Cc1ocnc1CN1CCC(c2nnc3ccc(N4CCCC4)nn23)CC1. The van der Waals surface area contributed by atoms with Gasteiger partial charge < -0.3 is 9.32 Å².